The van der Waals surface area contributed by atoms with Crippen molar-refractivity contribution in [2.24, 2.45) is 0 Å². The van der Waals surface area contributed by atoms with E-state index in [1.807, 2.05) is 25.1 Å². The van der Waals surface area contributed by atoms with E-state index in [2.05, 4.69) is 15.9 Å². The van der Waals surface area contributed by atoms with Crippen molar-refractivity contribution >= 4 is 37.7 Å². The lowest BCUT2D eigenvalue weighted by Crippen LogP contribution is -2.31. The first-order valence-electron chi connectivity index (χ1n) is 8.41. The molecule has 1 atom stereocenters. The number of ether oxygens (including phenoxy) is 2. The lowest BCUT2D eigenvalue weighted by Gasteiger charge is -2.26. The summed E-state index contributed by atoms with van der Waals surface area (Å²) in [7, 11) is -0.481. The van der Waals surface area contributed by atoms with Gasteiger partial charge >= 0.3 is 0 Å². The molecule has 0 spiro atoms. The zero-order chi connectivity index (χ0) is 19.8. The van der Waals surface area contributed by atoms with Gasteiger partial charge in [0.15, 0.2) is 0 Å². The molecule has 8 heteroatoms. The molecule has 0 radical (unpaired) electrons. The first-order valence-corrected chi connectivity index (χ1v) is 11.7. The van der Waals surface area contributed by atoms with E-state index in [9.17, 15) is 8.42 Å². The minimum absolute atomic E-state index is 0.322. The largest absolute Gasteiger partial charge is 0.496 e. The Balaban J connectivity index is 2.07. The number of aryl methyl sites for hydroxylation is 2. The van der Waals surface area contributed by atoms with Crippen molar-refractivity contribution < 1.29 is 17.9 Å². The quantitative estimate of drug-likeness (QED) is 0.641. The van der Waals surface area contributed by atoms with E-state index in [4.69, 9.17) is 9.47 Å². The molecule has 0 amide bonds. The van der Waals surface area contributed by atoms with E-state index in [1.165, 1.54) is 0 Å². The maximum atomic E-state index is 13.5. The fraction of sp³-hybridized carbons (Fsp3) is 0.368. The summed E-state index contributed by atoms with van der Waals surface area (Å²) in [6, 6.07) is 9.14. The predicted octanol–water partition coefficient (Wildman–Crippen LogP) is 4.52. The highest BCUT2D eigenvalue weighted by Crippen LogP contribution is 2.46. The van der Waals surface area contributed by atoms with Gasteiger partial charge in [-0.2, -0.15) is 4.31 Å². The second-order valence-electron chi connectivity index (χ2n) is 6.31. The van der Waals surface area contributed by atoms with Crippen LogP contribution < -0.4 is 9.47 Å². The van der Waals surface area contributed by atoms with Gasteiger partial charge in [0.1, 0.15) is 11.5 Å². The SMILES string of the molecule is COc1cc(C)c(S(=O)(=O)N2CCSC2c2cc(Br)ccc2OC)cc1C. The Hall–Kier alpha value is -1.22. The third-order valence-corrected chi connectivity index (χ3v) is 8.46. The number of nitrogens with zero attached hydrogens (tertiary/aromatic N) is 1. The molecule has 1 aliphatic rings. The molecule has 2 aromatic rings. The Morgan fingerprint density at radius 2 is 1.78 bits per heavy atom. The van der Waals surface area contributed by atoms with E-state index in [-0.39, 0.29) is 5.37 Å². The second kappa shape index (κ2) is 8.03. The van der Waals surface area contributed by atoms with Gasteiger partial charge in [-0.1, -0.05) is 15.9 Å². The number of hydrogen-bond donors (Lipinski definition) is 0. The molecule has 3 rings (SSSR count). The third kappa shape index (κ3) is 3.85. The number of methoxy groups -OCH3 is 2. The molecule has 0 aliphatic carbocycles. The van der Waals surface area contributed by atoms with Crippen LogP contribution >= 0.6 is 27.7 Å². The molecule has 27 heavy (non-hydrogen) atoms. The summed E-state index contributed by atoms with van der Waals surface area (Å²) in [4.78, 5) is 0.322. The minimum Gasteiger partial charge on any atom is -0.496 e. The van der Waals surface area contributed by atoms with Crippen molar-refractivity contribution in [1.82, 2.24) is 4.31 Å². The van der Waals surface area contributed by atoms with Crippen molar-refractivity contribution in [3.63, 3.8) is 0 Å². The average molecular weight is 472 g/mol. The Kier molecular flexibility index (Phi) is 6.10. The van der Waals surface area contributed by atoms with Crippen LogP contribution in [0.2, 0.25) is 0 Å². The number of thioether (sulfide) groups is 1. The van der Waals surface area contributed by atoms with Crippen molar-refractivity contribution in [3.05, 3.63) is 51.5 Å². The molecule has 146 valence electrons. The van der Waals surface area contributed by atoms with E-state index in [1.54, 1.807) is 49.3 Å². The highest BCUT2D eigenvalue weighted by atomic mass is 79.9. The second-order valence-corrected chi connectivity index (χ2v) is 10.3. The smallest absolute Gasteiger partial charge is 0.244 e. The van der Waals surface area contributed by atoms with Crippen LogP contribution in [0.15, 0.2) is 39.7 Å². The maximum Gasteiger partial charge on any atom is 0.244 e. The Morgan fingerprint density at radius 3 is 2.44 bits per heavy atom. The summed E-state index contributed by atoms with van der Waals surface area (Å²) in [5.41, 5.74) is 2.32. The van der Waals surface area contributed by atoms with E-state index in [0.29, 0.717) is 28.5 Å². The maximum absolute atomic E-state index is 13.5. The molecule has 0 bridgehead atoms. The molecule has 2 aromatic carbocycles. The first kappa shape index (κ1) is 20.5. The summed E-state index contributed by atoms with van der Waals surface area (Å²) >= 11 is 5.08. The lowest BCUT2D eigenvalue weighted by atomic mass is 10.1. The van der Waals surface area contributed by atoms with Crippen molar-refractivity contribution in [2.75, 3.05) is 26.5 Å². The molecular formula is C19H22BrNO4S2. The van der Waals surface area contributed by atoms with Crippen LogP contribution in [0, 0.1) is 13.8 Å². The molecule has 1 unspecified atom stereocenters. The van der Waals surface area contributed by atoms with Gasteiger partial charge in [-0.3, -0.25) is 0 Å². The summed E-state index contributed by atoms with van der Waals surface area (Å²) in [5.74, 6) is 2.10. The van der Waals surface area contributed by atoms with E-state index < -0.39 is 10.0 Å². The normalized spacial score (nSPS) is 17.9. The lowest BCUT2D eigenvalue weighted by molar-refractivity contribution is 0.390. The molecule has 1 saturated heterocycles. The molecule has 0 N–H and O–H groups in total. The van der Waals surface area contributed by atoms with Gasteiger partial charge in [0, 0.05) is 22.3 Å². The fourth-order valence-electron chi connectivity index (χ4n) is 3.23. The van der Waals surface area contributed by atoms with Crippen LogP contribution in [0.1, 0.15) is 22.1 Å². The Bertz CT molecular complexity index is 962. The van der Waals surface area contributed by atoms with Gasteiger partial charge in [0.05, 0.1) is 24.5 Å². The van der Waals surface area contributed by atoms with E-state index in [0.717, 1.165) is 21.4 Å². The molecule has 5 nitrogen and oxygen atoms in total. The summed E-state index contributed by atoms with van der Waals surface area (Å²) in [5, 5.41) is -0.329. The molecule has 1 heterocycles. The number of halogens is 1. The standard InChI is InChI=1S/C19H22BrNO4S2/c1-12-10-18(13(2)9-17(12)25-4)27(22,23)21-7-8-26-19(21)15-11-14(20)5-6-16(15)24-3/h5-6,9-11,19H,7-8H2,1-4H3. The fourth-order valence-corrected chi connectivity index (χ4v) is 7.15. The van der Waals surface area contributed by atoms with Gasteiger partial charge in [0.25, 0.3) is 0 Å². The van der Waals surface area contributed by atoms with Crippen LogP contribution in [-0.4, -0.2) is 39.2 Å². The van der Waals surface area contributed by atoms with Crippen LogP contribution in [0.25, 0.3) is 0 Å². The van der Waals surface area contributed by atoms with Crippen molar-refractivity contribution in [1.29, 1.82) is 0 Å². The Morgan fingerprint density at radius 1 is 1.07 bits per heavy atom. The molecule has 0 saturated carbocycles. The number of sulfonamides is 1. The van der Waals surface area contributed by atoms with Crippen molar-refractivity contribution in [3.8, 4) is 11.5 Å². The average Bonchev–Trinajstić information content (AvgIpc) is 3.13. The van der Waals surface area contributed by atoms with Gasteiger partial charge in [-0.05, 0) is 55.3 Å². The highest BCUT2D eigenvalue weighted by molar-refractivity contribution is 9.10. The molecule has 0 aromatic heterocycles. The number of rotatable bonds is 5. The minimum atomic E-state index is -3.67. The van der Waals surface area contributed by atoms with Crippen LogP contribution in [-0.2, 0) is 10.0 Å². The van der Waals surface area contributed by atoms with E-state index >= 15 is 0 Å². The summed E-state index contributed by atoms with van der Waals surface area (Å²) in [6.45, 7) is 4.11. The molecule has 1 aliphatic heterocycles. The van der Waals surface area contributed by atoms with Crippen LogP contribution in [0.4, 0.5) is 0 Å². The number of hydrogen-bond acceptors (Lipinski definition) is 5. The third-order valence-electron chi connectivity index (χ3n) is 4.59. The molecule has 1 fully saturated rings. The highest BCUT2D eigenvalue weighted by Gasteiger charge is 2.39. The number of benzene rings is 2. The zero-order valence-electron chi connectivity index (χ0n) is 15.7. The van der Waals surface area contributed by atoms with Crippen LogP contribution in [0.5, 0.6) is 11.5 Å². The summed E-state index contributed by atoms with van der Waals surface area (Å²) in [6.07, 6.45) is 0. The zero-order valence-corrected chi connectivity index (χ0v) is 18.9. The van der Waals surface area contributed by atoms with Gasteiger partial charge in [0.2, 0.25) is 10.0 Å². The summed E-state index contributed by atoms with van der Waals surface area (Å²) < 4.78 is 40.2. The Labute approximate surface area is 173 Å². The van der Waals surface area contributed by atoms with Gasteiger partial charge in [-0.15, -0.1) is 11.8 Å². The van der Waals surface area contributed by atoms with Gasteiger partial charge in [-0.25, -0.2) is 8.42 Å². The molecular weight excluding hydrogens is 450 g/mol. The first-order chi connectivity index (χ1) is 12.8. The van der Waals surface area contributed by atoms with Crippen molar-refractivity contribution in [2.45, 2.75) is 24.1 Å². The van der Waals surface area contributed by atoms with Crippen LogP contribution in [0.3, 0.4) is 0 Å². The predicted molar refractivity (Wildman–Crippen MR) is 112 cm³/mol. The topological polar surface area (TPSA) is 55.8 Å². The van der Waals surface area contributed by atoms with Gasteiger partial charge < -0.3 is 9.47 Å². The monoisotopic (exact) mass is 471 g/mol.